The topological polar surface area (TPSA) is 107 Å². The zero-order valence-electron chi connectivity index (χ0n) is 13.7. The highest BCUT2D eigenvalue weighted by atomic mass is 16.6. The second-order valence-electron chi connectivity index (χ2n) is 5.44. The van der Waals surface area contributed by atoms with E-state index in [0.717, 1.165) is 18.2 Å². The van der Waals surface area contributed by atoms with E-state index in [9.17, 15) is 25.0 Å². The summed E-state index contributed by atoms with van der Waals surface area (Å²) in [6, 6.07) is 2.93. The number of non-ortho nitro benzene ring substituents is 1. The first kappa shape index (κ1) is 18.5. The van der Waals surface area contributed by atoms with Gasteiger partial charge in [-0.25, -0.2) is 0 Å². The second-order valence-corrected chi connectivity index (χ2v) is 5.44. The Morgan fingerprint density at radius 2 is 1.61 bits per heavy atom. The van der Waals surface area contributed by atoms with E-state index in [2.05, 4.69) is 0 Å². The van der Waals surface area contributed by atoms with Crippen LogP contribution >= 0.6 is 0 Å². The fourth-order valence-corrected chi connectivity index (χ4v) is 2.33. The molecule has 0 bridgehead atoms. The monoisotopic (exact) mass is 323 g/mol. The van der Waals surface area contributed by atoms with Crippen LogP contribution in [0.15, 0.2) is 18.2 Å². The third kappa shape index (κ3) is 4.02. The summed E-state index contributed by atoms with van der Waals surface area (Å²) in [5.41, 5.74) is -1.08. The molecule has 8 heteroatoms. The molecule has 2 unspecified atom stereocenters. The lowest BCUT2D eigenvalue weighted by Crippen LogP contribution is -2.44. The van der Waals surface area contributed by atoms with Gasteiger partial charge in [0.1, 0.15) is 5.56 Å². The van der Waals surface area contributed by atoms with Crippen LogP contribution in [0.3, 0.4) is 0 Å². The molecule has 0 radical (unpaired) electrons. The molecule has 0 spiro atoms. The maximum Gasteiger partial charge on any atom is 0.289 e. The Kier molecular flexibility index (Phi) is 6.18. The van der Waals surface area contributed by atoms with Gasteiger partial charge in [-0.1, -0.05) is 13.8 Å². The van der Waals surface area contributed by atoms with Gasteiger partial charge in [-0.3, -0.25) is 25.0 Å². The SMILES string of the molecule is CCC(C)N(C(=O)c1ccc([N+](=O)[O-])cc1[N+](=O)[O-])C(C)CC. The Hall–Kier alpha value is -2.51. The lowest BCUT2D eigenvalue weighted by Gasteiger charge is -2.33. The smallest absolute Gasteiger partial charge is 0.289 e. The van der Waals surface area contributed by atoms with Crippen molar-refractivity contribution in [2.75, 3.05) is 0 Å². The number of benzene rings is 1. The van der Waals surface area contributed by atoms with Gasteiger partial charge < -0.3 is 4.90 Å². The van der Waals surface area contributed by atoms with Crippen molar-refractivity contribution in [1.82, 2.24) is 4.90 Å². The third-order valence-corrected chi connectivity index (χ3v) is 3.99. The molecule has 126 valence electrons. The molecule has 0 saturated carbocycles. The maximum atomic E-state index is 12.8. The summed E-state index contributed by atoms with van der Waals surface area (Å²) in [6.07, 6.45) is 1.41. The minimum Gasteiger partial charge on any atom is -0.333 e. The molecule has 23 heavy (non-hydrogen) atoms. The van der Waals surface area contributed by atoms with Crippen LogP contribution in [0.2, 0.25) is 0 Å². The summed E-state index contributed by atoms with van der Waals surface area (Å²) in [5.74, 6) is -0.477. The molecule has 8 nitrogen and oxygen atoms in total. The summed E-state index contributed by atoms with van der Waals surface area (Å²) in [7, 11) is 0. The Bertz CT molecular complexity index is 607. The predicted molar refractivity (Wildman–Crippen MR) is 85.4 cm³/mol. The van der Waals surface area contributed by atoms with Crippen molar-refractivity contribution < 1.29 is 14.6 Å². The lowest BCUT2D eigenvalue weighted by molar-refractivity contribution is -0.394. The van der Waals surface area contributed by atoms with Crippen LogP contribution in [0.1, 0.15) is 50.9 Å². The fraction of sp³-hybridized carbons (Fsp3) is 0.533. The molecular formula is C15H21N3O5. The number of hydrogen-bond acceptors (Lipinski definition) is 5. The maximum absolute atomic E-state index is 12.8. The highest BCUT2D eigenvalue weighted by Gasteiger charge is 2.31. The number of nitro groups is 2. The molecule has 1 aromatic rings. The minimum absolute atomic E-state index is 0.0905. The highest BCUT2D eigenvalue weighted by Crippen LogP contribution is 2.27. The molecule has 0 heterocycles. The van der Waals surface area contributed by atoms with Gasteiger partial charge >= 0.3 is 0 Å². The summed E-state index contributed by atoms with van der Waals surface area (Å²) in [5, 5.41) is 22.0. The van der Waals surface area contributed by atoms with E-state index in [4.69, 9.17) is 0 Å². The molecule has 0 aliphatic rings. The van der Waals surface area contributed by atoms with Crippen molar-refractivity contribution in [2.45, 2.75) is 52.6 Å². The van der Waals surface area contributed by atoms with Crippen LogP contribution in [0, 0.1) is 20.2 Å². The molecule has 2 atom stereocenters. The zero-order valence-corrected chi connectivity index (χ0v) is 13.7. The van der Waals surface area contributed by atoms with Crippen LogP contribution in [0.25, 0.3) is 0 Å². The lowest BCUT2D eigenvalue weighted by atomic mass is 10.1. The first-order valence-corrected chi connectivity index (χ1v) is 7.50. The van der Waals surface area contributed by atoms with Gasteiger partial charge in [-0.05, 0) is 32.8 Å². The van der Waals surface area contributed by atoms with E-state index in [1.807, 2.05) is 27.7 Å². The summed E-state index contributed by atoms with van der Waals surface area (Å²) < 4.78 is 0. The van der Waals surface area contributed by atoms with E-state index in [-0.39, 0.29) is 17.6 Å². The van der Waals surface area contributed by atoms with E-state index in [1.54, 1.807) is 4.90 Å². The van der Waals surface area contributed by atoms with Crippen LogP contribution in [0.4, 0.5) is 11.4 Å². The average molecular weight is 323 g/mol. The quantitative estimate of drug-likeness (QED) is 0.563. The van der Waals surface area contributed by atoms with E-state index >= 15 is 0 Å². The molecule has 0 aliphatic carbocycles. The van der Waals surface area contributed by atoms with Gasteiger partial charge in [0, 0.05) is 18.2 Å². The molecule has 1 amide bonds. The standard InChI is InChI=1S/C15H21N3O5/c1-5-10(3)16(11(4)6-2)15(19)13-8-7-12(17(20)21)9-14(13)18(22)23/h7-11H,5-6H2,1-4H3. The molecule has 0 N–H and O–H groups in total. The number of carbonyl (C=O) groups excluding carboxylic acids is 1. The molecule has 0 saturated heterocycles. The molecule has 1 aromatic carbocycles. The molecule has 1 rings (SSSR count). The number of rotatable bonds is 7. The van der Waals surface area contributed by atoms with Crippen molar-refractivity contribution in [1.29, 1.82) is 0 Å². The van der Waals surface area contributed by atoms with E-state index in [1.165, 1.54) is 0 Å². The van der Waals surface area contributed by atoms with Crippen LogP contribution in [-0.2, 0) is 0 Å². The van der Waals surface area contributed by atoms with E-state index in [0.29, 0.717) is 12.8 Å². The van der Waals surface area contributed by atoms with Crippen LogP contribution < -0.4 is 0 Å². The summed E-state index contributed by atoms with van der Waals surface area (Å²) in [4.78, 5) is 34.9. The summed E-state index contributed by atoms with van der Waals surface area (Å²) in [6.45, 7) is 7.61. The highest BCUT2D eigenvalue weighted by molar-refractivity contribution is 5.98. The Morgan fingerprint density at radius 1 is 1.09 bits per heavy atom. The zero-order chi connectivity index (χ0) is 17.7. The van der Waals surface area contributed by atoms with Crippen molar-refractivity contribution in [3.8, 4) is 0 Å². The van der Waals surface area contributed by atoms with Crippen molar-refractivity contribution in [3.63, 3.8) is 0 Å². The number of nitrogens with zero attached hydrogens (tertiary/aromatic N) is 3. The molecule has 0 aromatic heterocycles. The predicted octanol–water partition coefficient (Wildman–Crippen LogP) is 3.54. The molecule has 0 fully saturated rings. The molecular weight excluding hydrogens is 302 g/mol. The van der Waals surface area contributed by atoms with Gasteiger partial charge in [-0.2, -0.15) is 0 Å². The van der Waals surface area contributed by atoms with Crippen LogP contribution in [0.5, 0.6) is 0 Å². The van der Waals surface area contributed by atoms with Gasteiger partial charge in [0.25, 0.3) is 17.3 Å². The second kappa shape index (κ2) is 7.66. The largest absolute Gasteiger partial charge is 0.333 e. The Morgan fingerprint density at radius 3 is 2.00 bits per heavy atom. The molecule has 0 aliphatic heterocycles. The number of hydrogen-bond donors (Lipinski definition) is 0. The first-order valence-electron chi connectivity index (χ1n) is 7.50. The summed E-state index contributed by atoms with van der Waals surface area (Å²) >= 11 is 0. The van der Waals surface area contributed by atoms with Crippen LogP contribution in [-0.4, -0.2) is 32.7 Å². The average Bonchev–Trinajstić information content (AvgIpc) is 2.53. The third-order valence-electron chi connectivity index (χ3n) is 3.99. The van der Waals surface area contributed by atoms with Gasteiger partial charge in [-0.15, -0.1) is 0 Å². The van der Waals surface area contributed by atoms with E-state index < -0.39 is 27.1 Å². The first-order chi connectivity index (χ1) is 10.7. The van der Waals surface area contributed by atoms with Crippen molar-refractivity contribution in [3.05, 3.63) is 44.0 Å². The fourth-order valence-electron chi connectivity index (χ4n) is 2.33. The van der Waals surface area contributed by atoms with Crippen molar-refractivity contribution in [2.24, 2.45) is 0 Å². The van der Waals surface area contributed by atoms with Gasteiger partial charge in [0.2, 0.25) is 0 Å². The number of amides is 1. The normalized spacial score (nSPS) is 13.2. The Labute approximate surface area is 134 Å². The Balaban J connectivity index is 3.39. The number of carbonyl (C=O) groups is 1. The van der Waals surface area contributed by atoms with Gasteiger partial charge in [0.05, 0.1) is 15.9 Å². The van der Waals surface area contributed by atoms with Gasteiger partial charge in [0.15, 0.2) is 0 Å². The number of nitro benzene ring substituents is 2. The van der Waals surface area contributed by atoms with Crippen molar-refractivity contribution >= 4 is 17.3 Å². The minimum atomic E-state index is -0.758.